The first-order valence-electron chi connectivity index (χ1n) is 12.6. The topological polar surface area (TPSA) is 99.1 Å². The highest BCUT2D eigenvalue weighted by atomic mass is 16.5. The van der Waals surface area contributed by atoms with Crippen LogP contribution in [0.2, 0.25) is 0 Å². The van der Waals surface area contributed by atoms with Crippen molar-refractivity contribution >= 4 is 45.4 Å². The van der Waals surface area contributed by atoms with Crippen LogP contribution >= 0.6 is 0 Å². The fraction of sp³-hybridized carbons (Fsp3) is 0.267. The lowest BCUT2D eigenvalue weighted by atomic mass is 9.67. The van der Waals surface area contributed by atoms with E-state index in [9.17, 15) is 14.9 Å². The quantitative estimate of drug-likeness (QED) is 0.402. The molecule has 7 rings (SSSR count). The molecular formula is C30H24N4O3. The number of nitrogens with one attached hydrogen (secondary N) is 1. The standard InChI is InChI=1S/C30H24N4O3/c1-29-15-16-30(37-29,14-6-11-24-32-21-9-4-5-10-22(21)33-24)26-25(29)27(35)34(28(26)36)23-13-12-18(17-31)19-7-2-3-8-20(19)23/h2-13,25-26H,14-16H2,1H3,(H,32,33)/b11-6+/t25-,26+,29-,30+/m1/s1. The highest BCUT2D eigenvalue weighted by Gasteiger charge is 2.73. The van der Waals surface area contributed by atoms with Crippen molar-refractivity contribution in [3.63, 3.8) is 0 Å². The molecule has 0 spiro atoms. The monoisotopic (exact) mass is 488 g/mol. The van der Waals surface area contributed by atoms with Gasteiger partial charge in [-0.3, -0.25) is 9.59 Å². The predicted molar refractivity (Wildman–Crippen MR) is 139 cm³/mol. The Labute approximate surface area is 213 Å². The first kappa shape index (κ1) is 22.0. The molecule has 2 amide bonds. The second-order valence-electron chi connectivity index (χ2n) is 10.5. The van der Waals surface area contributed by atoms with Crippen molar-refractivity contribution in [3.8, 4) is 6.07 Å². The fourth-order valence-electron chi connectivity index (χ4n) is 6.78. The van der Waals surface area contributed by atoms with E-state index in [0.717, 1.165) is 40.5 Å². The molecule has 0 radical (unpaired) electrons. The number of benzene rings is 3. The molecule has 37 heavy (non-hydrogen) atoms. The first-order valence-corrected chi connectivity index (χ1v) is 12.6. The lowest BCUT2D eigenvalue weighted by Crippen LogP contribution is -2.41. The van der Waals surface area contributed by atoms with E-state index >= 15 is 0 Å². The summed E-state index contributed by atoms with van der Waals surface area (Å²) in [5.74, 6) is -0.760. The highest BCUT2D eigenvalue weighted by molar-refractivity contribution is 6.26. The largest absolute Gasteiger partial charge is 0.367 e. The number of para-hydroxylation sites is 2. The van der Waals surface area contributed by atoms with Gasteiger partial charge in [-0.1, -0.05) is 42.5 Å². The van der Waals surface area contributed by atoms with E-state index in [1.165, 1.54) is 4.90 Å². The normalized spacial score (nSPS) is 28.6. The predicted octanol–water partition coefficient (Wildman–Crippen LogP) is 5.12. The molecule has 4 atom stereocenters. The van der Waals surface area contributed by atoms with Gasteiger partial charge in [0.25, 0.3) is 0 Å². The number of rotatable bonds is 4. The number of imide groups is 1. The molecule has 3 aromatic carbocycles. The van der Waals surface area contributed by atoms with Gasteiger partial charge in [-0.05, 0) is 56.5 Å². The van der Waals surface area contributed by atoms with Crippen LogP contribution in [0.5, 0.6) is 0 Å². The Hall–Kier alpha value is -4.28. The molecule has 7 nitrogen and oxygen atoms in total. The zero-order valence-corrected chi connectivity index (χ0v) is 20.3. The smallest absolute Gasteiger partial charge is 0.240 e. The number of nitriles is 1. The number of carbonyl (C=O) groups is 2. The number of fused-ring (bicyclic) bond motifs is 7. The van der Waals surface area contributed by atoms with Crippen LogP contribution in [0, 0.1) is 23.2 Å². The van der Waals surface area contributed by atoms with Gasteiger partial charge in [0.1, 0.15) is 5.82 Å². The number of hydrogen-bond donors (Lipinski definition) is 1. The van der Waals surface area contributed by atoms with Crippen LogP contribution in [0.15, 0.2) is 66.7 Å². The van der Waals surface area contributed by atoms with Crippen LogP contribution in [0.25, 0.3) is 27.9 Å². The summed E-state index contributed by atoms with van der Waals surface area (Å²) < 4.78 is 6.57. The molecule has 2 bridgehead atoms. The second-order valence-corrected chi connectivity index (χ2v) is 10.5. The molecule has 1 aromatic heterocycles. The average Bonchev–Trinajstić information content (AvgIpc) is 3.61. The Kier molecular flexibility index (Phi) is 4.52. The Bertz CT molecular complexity index is 1670. The third-order valence-electron chi connectivity index (χ3n) is 8.42. The van der Waals surface area contributed by atoms with Crippen LogP contribution in [0.4, 0.5) is 5.69 Å². The minimum atomic E-state index is -0.730. The van der Waals surface area contributed by atoms with E-state index in [1.54, 1.807) is 12.1 Å². The Balaban J connectivity index is 1.25. The molecule has 182 valence electrons. The zero-order valence-electron chi connectivity index (χ0n) is 20.3. The average molecular weight is 489 g/mol. The first-order chi connectivity index (χ1) is 17.9. The maximum absolute atomic E-state index is 14.0. The van der Waals surface area contributed by atoms with Crippen molar-refractivity contribution in [2.75, 3.05) is 4.90 Å². The number of hydrogen-bond acceptors (Lipinski definition) is 5. The number of amides is 2. The number of anilines is 1. The van der Waals surface area contributed by atoms with Gasteiger partial charge in [0.05, 0.1) is 51.4 Å². The van der Waals surface area contributed by atoms with Crippen molar-refractivity contribution < 1.29 is 14.3 Å². The van der Waals surface area contributed by atoms with E-state index in [-0.39, 0.29) is 11.8 Å². The van der Waals surface area contributed by atoms with Crippen LogP contribution < -0.4 is 4.90 Å². The Morgan fingerprint density at radius 3 is 2.62 bits per heavy atom. The zero-order chi connectivity index (χ0) is 25.4. The molecule has 3 saturated heterocycles. The minimum absolute atomic E-state index is 0.213. The molecule has 0 saturated carbocycles. The number of aromatic nitrogens is 2. The summed E-state index contributed by atoms with van der Waals surface area (Å²) in [6, 6.07) is 20.9. The lowest BCUT2D eigenvalue weighted by Gasteiger charge is -2.30. The van der Waals surface area contributed by atoms with E-state index in [0.29, 0.717) is 17.7 Å². The van der Waals surface area contributed by atoms with Gasteiger partial charge in [0.2, 0.25) is 11.8 Å². The Morgan fingerprint density at radius 1 is 1.05 bits per heavy atom. The van der Waals surface area contributed by atoms with Gasteiger partial charge < -0.3 is 9.72 Å². The summed E-state index contributed by atoms with van der Waals surface area (Å²) in [7, 11) is 0. The van der Waals surface area contributed by atoms with E-state index in [2.05, 4.69) is 16.0 Å². The van der Waals surface area contributed by atoms with Crippen LogP contribution in [-0.4, -0.2) is 33.0 Å². The second kappa shape index (κ2) is 7.61. The third-order valence-corrected chi connectivity index (χ3v) is 8.42. The third kappa shape index (κ3) is 3.00. The van der Waals surface area contributed by atoms with Crippen molar-refractivity contribution in [3.05, 3.63) is 78.1 Å². The van der Waals surface area contributed by atoms with Gasteiger partial charge >= 0.3 is 0 Å². The van der Waals surface area contributed by atoms with Gasteiger partial charge in [-0.25, -0.2) is 9.88 Å². The van der Waals surface area contributed by atoms with Crippen molar-refractivity contribution in [2.24, 2.45) is 11.8 Å². The number of H-pyrrole nitrogens is 1. The molecular weight excluding hydrogens is 464 g/mol. The van der Waals surface area contributed by atoms with Gasteiger partial charge in [0.15, 0.2) is 0 Å². The highest BCUT2D eigenvalue weighted by Crippen LogP contribution is 2.62. The number of nitrogens with zero attached hydrogens (tertiary/aromatic N) is 3. The number of imidazole rings is 1. The van der Waals surface area contributed by atoms with Crippen LogP contribution in [-0.2, 0) is 14.3 Å². The van der Waals surface area contributed by atoms with Crippen LogP contribution in [0.1, 0.15) is 37.6 Å². The maximum Gasteiger partial charge on any atom is 0.240 e. The van der Waals surface area contributed by atoms with Gasteiger partial charge in [-0.2, -0.15) is 5.26 Å². The van der Waals surface area contributed by atoms with E-state index in [4.69, 9.17) is 4.74 Å². The Morgan fingerprint density at radius 2 is 1.81 bits per heavy atom. The van der Waals surface area contributed by atoms with Crippen molar-refractivity contribution in [1.29, 1.82) is 5.26 Å². The number of carbonyl (C=O) groups excluding carboxylic acids is 2. The summed E-state index contributed by atoms with van der Waals surface area (Å²) >= 11 is 0. The maximum atomic E-state index is 14.0. The van der Waals surface area contributed by atoms with Gasteiger partial charge in [-0.15, -0.1) is 0 Å². The number of aromatic amines is 1. The lowest BCUT2D eigenvalue weighted by molar-refractivity contribution is -0.130. The molecule has 7 heteroatoms. The summed E-state index contributed by atoms with van der Waals surface area (Å²) in [4.78, 5) is 37.1. The molecule has 3 aliphatic heterocycles. The van der Waals surface area contributed by atoms with Crippen molar-refractivity contribution in [2.45, 2.75) is 37.4 Å². The minimum Gasteiger partial charge on any atom is -0.367 e. The molecule has 4 heterocycles. The summed E-state index contributed by atoms with van der Waals surface area (Å²) in [5, 5.41) is 11.0. The van der Waals surface area contributed by atoms with Crippen LogP contribution in [0.3, 0.4) is 0 Å². The summed E-state index contributed by atoms with van der Waals surface area (Å²) in [6.07, 6.45) is 5.89. The summed E-state index contributed by atoms with van der Waals surface area (Å²) in [5.41, 5.74) is 1.50. The summed E-state index contributed by atoms with van der Waals surface area (Å²) in [6.45, 7) is 1.97. The molecule has 4 aromatic rings. The van der Waals surface area contributed by atoms with E-state index in [1.807, 2.05) is 67.6 Å². The SMILES string of the molecule is C[C@]12CC[C@](C/C=C/c3nc4ccccc4[nH]3)(O1)[C@@H]1C(=O)N(c3ccc(C#N)c4ccccc34)C(=O)[C@@H]12. The molecule has 1 N–H and O–H groups in total. The van der Waals surface area contributed by atoms with Crippen molar-refractivity contribution in [1.82, 2.24) is 9.97 Å². The fourth-order valence-corrected chi connectivity index (χ4v) is 6.78. The van der Waals surface area contributed by atoms with E-state index < -0.39 is 23.0 Å². The van der Waals surface area contributed by atoms with Gasteiger partial charge in [0, 0.05) is 10.8 Å². The number of ether oxygens (including phenoxy) is 1. The molecule has 0 unspecified atom stereocenters. The molecule has 3 fully saturated rings. The molecule has 0 aliphatic carbocycles. The molecule has 3 aliphatic rings.